The number of aromatic nitrogens is 2. The van der Waals surface area contributed by atoms with Gasteiger partial charge in [0, 0.05) is 30.0 Å². The number of rotatable bonds is 6. The van der Waals surface area contributed by atoms with Crippen molar-refractivity contribution in [1.82, 2.24) is 9.55 Å². The molecule has 2 aromatic carbocycles. The van der Waals surface area contributed by atoms with E-state index in [2.05, 4.69) is 16.0 Å². The first-order valence-electron chi connectivity index (χ1n) is 11.4. The minimum Gasteiger partial charge on any atom is -0.477 e. The molecule has 0 amide bonds. The molecule has 0 unspecified atom stereocenters. The number of fused-ring (bicyclic) bond motifs is 1. The highest BCUT2D eigenvalue weighted by molar-refractivity contribution is 6.34. The van der Waals surface area contributed by atoms with Crippen LogP contribution in [0.5, 0.6) is 5.88 Å². The Kier molecular flexibility index (Phi) is 6.32. The van der Waals surface area contributed by atoms with Crippen LogP contribution < -0.4 is 15.1 Å². The number of aromatic carboxylic acids is 1. The summed E-state index contributed by atoms with van der Waals surface area (Å²) in [7, 11) is 0. The monoisotopic (exact) mass is 500 g/mol. The van der Waals surface area contributed by atoms with Crippen LogP contribution in [-0.2, 0) is 0 Å². The van der Waals surface area contributed by atoms with Gasteiger partial charge in [-0.3, -0.25) is 4.79 Å². The Morgan fingerprint density at radius 1 is 1.22 bits per heavy atom. The zero-order valence-corrected chi connectivity index (χ0v) is 19.9. The molecule has 1 saturated heterocycles. The van der Waals surface area contributed by atoms with Crippen molar-refractivity contribution in [3.8, 4) is 17.6 Å². The van der Waals surface area contributed by atoms with Crippen molar-refractivity contribution in [3.05, 3.63) is 93.4 Å². The van der Waals surface area contributed by atoms with Crippen molar-refractivity contribution in [1.29, 1.82) is 5.26 Å². The average Bonchev–Trinajstić information content (AvgIpc) is 3.36. The Balaban J connectivity index is 1.57. The third-order valence-electron chi connectivity index (χ3n) is 6.33. The Labute approximate surface area is 211 Å². The second-order valence-electron chi connectivity index (χ2n) is 8.47. The normalized spacial score (nSPS) is 15.1. The standard InChI is InChI=1S/C27H21ClN4O4/c28-22-12-20-23(32(18-7-2-1-3-8-18)15-21(25(20)33)27(34)35)13-24(22)31-11-5-9-19(31)16-36-26-17(14-29)6-4-10-30-26/h1-4,6-8,10,12-13,15,19H,5,9,11,16H2,(H,34,35)/t19-/m1/s1. The molecule has 2 aromatic heterocycles. The number of anilines is 1. The lowest BCUT2D eigenvalue weighted by Gasteiger charge is -2.28. The van der Waals surface area contributed by atoms with Crippen molar-refractivity contribution >= 4 is 34.2 Å². The number of ether oxygens (including phenoxy) is 1. The molecule has 1 atom stereocenters. The number of benzene rings is 2. The second-order valence-corrected chi connectivity index (χ2v) is 8.88. The molecule has 1 N–H and O–H groups in total. The van der Waals surface area contributed by atoms with Gasteiger partial charge in [0.15, 0.2) is 0 Å². The molecule has 0 saturated carbocycles. The number of halogens is 1. The minimum absolute atomic E-state index is 0.0244. The number of carbonyl (C=O) groups is 1. The Hall–Kier alpha value is -4.35. The number of carboxylic acid groups (broad SMARTS) is 1. The van der Waals surface area contributed by atoms with Crippen LogP contribution in [0.3, 0.4) is 0 Å². The summed E-state index contributed by atoms with van der Waals surface area (Å²) in [6, 6.07) is 18.0. The molecule has 3 heterocycles. The van der Waals surface area contributed by atoms with Crippen LogP contribution in [0.4, 0.5) is 5.69 Å². The molecule has 1 aliphatic rings. The predicted molar refractivity (Wildman–Crippen MR) is 136 cm³/mol. The molecule has 36 heavy (non-hydrogen) atoms. The summed E-state index contributed by atoms with van der Waals surface area (Å²) in [5.74, 6) is -1.01. The lowest BCUT2D eigenvalue weighted by molar-refractivity contribution is 0.0695. The fraction of sp³-hybridized carbons (Fsp3) is 0.185. The van der Waals surface area contributed by atoms with Gasteiger partial charge in [-0.1, -0.05) is 29.8 Å². The summed E-state index contributed by atoms with van der Waals surface area (Å²) in [5.41, 5.74) is 1.46. The number of hydrogen-bond acceptors (Lipinski definition) is 6. The van der Waals surface area contributed by atoms with Crippen molar-refractivity contribution in [2.45, 2.75) is 18.9 Å². The summed E-state index contributed by atoms with van der Waals surface area (Å²) in [5, 5.41) is 19.5. The van der Waals surface area contributed by atoms with E-state index in [4.69, 9.17) is 16.3 Å². The topological polar surface area (TPSA) is 108 Å². The third kappa shape index (κ3) is 4.25. The van der Waals surface area contributed by atoms with Gasteiger partial charge in [0.2, 0.25) is 11.3 Å². The molecular formula is C27H21ClN4O4. The number of nitrogens with zero attached hydrogens (tertiary/aromatic N) is 4. The quantitative estimate of drug-likeness (QED) is 0.410. The van der Waals surface area contributed by atoms with E-state index in [0.29, 0.717) is 22.7 Å². The molecule has 9 heteroatoms. The number of nitriles is 1. The van der Waals surface area contributed by atoms with Crippen LogP contribution in [0.2, 0.25) is 5.02 Å². The van der Waals surface area contributed by atoms with Crippen molar-refractivity contribution in [2.75, 3.05) is 18.1 Å². The van der Waals surface area contributed by atoms with Gasteiger partial charge in [-0.25, -0.2) is 9.78 Å². The van der Waals surface area contributed by atoms with E-state index >= 15 is 0 Å². The molecule has 0 radical (unpaired) electrons. The number of hydrogen-bond donors (Lipinski definition) is 1. The van der Waals surface area contributed by atoms with Gasteiger partial charge in [-0.15, -0.1) is 0 Å². The fourth-order valence-corrected chi connectivity index (χ4v) is 4.87. The highest BCUT2D eigenvalue weighted by Crippen LogP contribution is 2.35. The largest absolute Gasteiger partial charge is 0.477 e. The van der Waals surface area contributed by atoms with E-state index in [1.165, 1.54) is 6.20 Å². The first-order chi connectivity index (χ1) is 17.5. The maximum absolute atomic E-state index is 13.0. The number of carboxylic acids is 1. The molecular weight excluding hydrogens is 480 g/mol. The van der Waals surface area contributed by atoms with E-state index in [1.807, 2.05) is 36.4 Å². The SMILES string of the molecule is N#Cc1cccnc1OC[C@H]1CCCN1c1cc2c(cc1Cl)c(=O)c(C(=O)O)cn2-c1ccccc1. The van der Waals surface area contributed by atoms with Gasteiger partial charge in [0.25, 0.3) is 0 Å². The van der Waals surface area contributed by atoms with Crippen LogP contribution in [-0.4, -0.2) is 39.8 Å². The number of pyridine rings is 2. The lowest BCUT2D eigenvalue weighted by atomic mass is 10.1. The first kappa shape index (κ1) is 23.4. The predicted octanol–water partition coefficient (Wildman–Crippen LogP) is 4.66. The third-order valence-corrected chi connectivity index (χ3v) is 6.63. The van der Waals surface area contributed by atoms with E-state index < -0.39 is 11.4 Å². The molecule has 4 aromatic rings. The maximum Gasteiger partial charge on any atom is 0.341 e. The van der Waals surface area contributed by atoms with Crippen molar-refractivity contribution in [3.63, 3.8) is 0 Å². The van der Waals surface area contributed by atoms with Crippen LogP contribution in [0.1, 0.15) is 28.8 Å². The zero-order chi connectivity index (χ0) is 25.2. The summed E-state index contributed by atoms with van der Waals surface area (Å²) in [6.45, 7) is 1.04. The van der Waals surface area contributed by atoms with Crippen molar-refractivity contribution in [2.24, 2.45) is 0 Å². The Morgan fingerprint density at radius 2 is 2.03 bits per heavy atom. The summed E-state index contributed by atoms with van der Waals surface area (Å²) in [6.07, 6.45) is 4.71. The molecule has 0 bridgehead atoms. The lowest BCUT2D eigenvalue weighted by Crippen LogP contribution is -2.34. The van der Waals surface area contributed by atoms with Gasteiger partial charge in [-0.2, -0.15) is 5.26 Å². The highest BCUT2D eigenvalue weighted by Gasteiger charge is 2.28. The summed E-state index contributed by atoms with van der Waals surface area (Å²) in [4.78, 5) is 31.1. The van der Waals surface area contributed by atoms with E-state index in [-0.39, 0.29) is 22.9 Å². The first-order valence-corrected chi connectivity index (χ1v) is 11.8. The van der Waals surface area contributed by atoms with Crippen LogP contribution in [0.25, 0.3) is 16.6 Å². The van der Waals surface area contributed by atoms with E-state index in [9.17, 15) is 20.0 Å². The summed E-state index contributed by atoms with van der Waals surface area (Å²) < 4.78 is 7.61. The van der Waals surface area contributed by atoms with Crippen molar-refractivity contribution < 1.29 is 14.6 Å². The van der Waals surface area contributed by atoms with Crippen LogP contribution in [0.15, 0.2) is 71.8 Å². The minimum atomic E-state index is -1.30. The van der Waals surface area contributed by atoms with E-state index in [1.54, 1.807) is 29.0 Å². The smallest absolute Gasteiger partial charge is 0.341 e. The average molecular weight is 501 g/mol. The molecule has 1 fully saturated rings. The molecule has 0 aliphatic carbocycles. The summed E-state index contributed by atoms with van der Waals surface area (Å²) >= 11 is 6.68. The van der Waals surface area contributed by atoms with Crippen LogP contribution in [0, 0.1) is 11.3 Å². The van der Waals surface area contributed by atoms with Gasteiger partial charge < -0.3 is 19.3 Å². The van der Waals surface area contributed by atoms with Crippen LogP contribution >= 0.6 is 11.6 Å². The number of para-hydroxylation sites is 1. The highest BCUT2D eigenvalue weighted by atomic mass is 35.5. The molecule has 5 rings (SSSR count). The molecule has 1 aliphatic heterocycles. The molecule has 180 valence electrons. The zero-order valence-electron chi connectivity index (χ0n) is 19.1. The Bertz CT molecular complexity index is 1560. The van der Waals surface area contributed by atoms with Gasteiger partial charge >= 0.3 is 5.97 Å². The second kappa shape index (κ2) is 9.72. The Morgan fingerprint density at radius 3 is 2.78 bits per heavy atom. The molecule has 0 spiro atoms. The van der Waals surface area contributed by atoms with Gasteiger partial charge in [0.1, 0.15) is 23.8 Å². The molecule has 8 nitrogen and oxygen atoms in total. The fourth-order valence-electron chi connectivity index (χ4n) is 4.60. The maximum atomic E-state index is 13.0. The van der Waals surface area contributed by atoms with Gasteiger partial charge in [0.05, 0.1) is 22.3 Å². The van der Waals surface area contributed by atoms with Gasteiger partial charge in [-0.05, 0) is 49.2 Å². The van der Waals surface area contributed by atoms with E-state index in [0.717, 1.165) is 30.8 Å².